The zero-order valence-corrected chi connectivity index (χ0v) is 14.4. The minimum Gasteiger partial charge on any atom is -0.495 e. The number of anilines is 1. The maximum absolute atomic E-state index is 13.9. The van der Waals surface area contributed by atoms with E-state index in [9.17, 15) is 12.8 Å². The summed E-state index contributed by atoms with van der Waals surface area (Å²) in [6.07, 6.45) is 0. The Labute approximate surface area is 140 Å². The number of benzene rings is 2. The monoisotopic (exact) mass is 354 g/mol. The van der Waals surface area contributed by atoms with Crippen LogP contribution in [0.25, 0.3) is 0 Å². The average molecular weight is 354 g/mol. The van der Waals surface area contributed by atoms with Gasteiger partial charge in [-0.15, -0.1) is 0 Å². The second-order valence-corrected chi connectivity index (χ2v) is 6.64. The van der Waals surface area contributed by atoms with Crippen LogP contribution in [0.15, 0.2) is 41.3 Å². The molecule has 0 atom stereocenters. The lowest BCUT2D eigenvalue weighted by atomic mass is 10.2. The number of methoxy groups -OCH3 is 2. The quantitative estimate of drug-likeness (QED) is 0.798. The van der Waals surface area contributed by atoms with Crippen LogP contribution in [0, 0.1) is 5.82 Å². The summed E-state index contributed by atoms with van der Waals surface area (Å²) in [5, 5.41) is 2.98. The van der Waals surface area contributed by atoms with E-state index in [4.69, 9.17) is 9.47 Å². The van der Waals surface area contributed by atoms with Crippen molar-refractivity contribution in [2.45, 2.75) is 11.4 Å². The van der Waals surface area contributed by atoms with Crippen LogP contribution in [0.4, 0.5) is 10.1 Å². The van der Waals surface area contributed by atoms with Crippen molar-refractivity contribution in [3.05, 3.63) is 47.8 Å². The Kier molecular flexibility index (Phi) is 5.63. The Bertz CT molecular complexity index is 808. The van der Waals surface area contributed by atoms with Gasteiger partial charge in [0.1, 0.15) is 10.6 Å². The summed E-state index contributed by atoms with van der Waals surface area (Å²) in [6, 6.07) is 9.32. The first kappa shape index (κ1) is 18.0. The molecule has 0 saturated carbocycles. The lowest BCUT2D eigenvalue weighted by Crippen LogP contribution is -2.24. The van der Waals surface area contributed by atoms with Crippen LogP contribution in [0.1, 0.15) is 5.56 Å². The smallest absolute Gasteiger partial charge is 0.244 e. The van der Waals surface area contributed by atoms with Crippen molar-refractivity contribution < 1.29 is 22.3 Å². The molecule has 0 aliphatic heterocycles. The zero-order valence-electron chi connectivity index (χ0n) is 13.6. The molecule has 0 amide bonds. The molecule has 0 aromatic heterocycles. The first-order valence-electron chi connectivity index (χ1n) is 7.09. The SMILES string of the molecule is CNc1ccc(CNS(=O)(=O)c2cc(F)c(OC)cc2OC)cc1. The van der Waals surface area contributed by atoms with E-state index >= 15 is 0 Å². The number of sulfonamides is 1. The summed E-state index contributed by atoms with van der Waals surface area (Å²) in [4.78, 5) is -0.282. The Balaban J connectivity index is 2.24. The highest BCUT2D eigenvalue weighted by atomic mass is 32.2. The van der Waals surface area contributed by atoms with E-state index in [-0.39, 0.29) is 22.9 Å². The van der Waals surface area contributed by atoms with Crippen LogP contribution in [0.3, 0.4) is 0 Å². The predicted molar refractivity (Wildman–Crippen MR) is 89.5 cm³/mol. The van der Waals surface area contributed by atoms with Crippen LogP contribution >= 0.6 is 0 Å². The number of hydrogen-bond donors (Lipinski definition) is 2. The Hall–Kier alpha value is -2.32. The third-order valence-electron chi connectivity index (χ3n) is 3.44. The maximum Gasteiger partial charge on any atom is 0.244 e. The first-order valence-corrected chi connectivity index (χ1v) is 8.57. The molecule has 6 nitrogen and oxygen atoms in total. The molecule has 24 heavy (non-hydrogen) atoms. The summed E-state index contributed by atoms with van der Waals surface area (Å²) in [6.45, 7) is 0.0725. The van der Waals surface area contributed by atoms with Gasteiger partial charge in [0.2, 0.25) is 10.0 Å². The Morgan fingerprint density at radius 2 is 1.67 bits per heavy atom. The molecule has 0 heterocycles. The van der Waals surface area contributed by atoms with Gasteiger partial charge in [0.25, 0.3) is 0 Å². The minimum absolute atomic E-state index is 0.00582. The number of ether oxygens (including phenoxy) is 2. The lowest BCUT2D eigenvalue weighted by Gasteiger charge is -2.13. The molecule has 2 aromatic rings. The van der Waals surface area contributed by atoms with Crippen molar-refractivity contribution in [1.29, 1.82) is 0 Å². The number of nitrogens with one attached hydrogen (secondary N) is 2. The van der Waals surface area contributed by atoms with E-state index in [0.717, 1.165) is 17.3 Å². The van der Waals surface area contributed by atoms with E-state index in [1.165, 1.54) is 20.3 Å². The van der Waals surface area contributed by atoms with E-state index in [2.05, 4.69) is 10.0 Å². The van der Waals surface area contributed by atoms with Crippen LogP contribution in [-0.4, -0.2) is 29.7 Å². The fourth-order valence-electron chi connectivity index (χ4n) is 2.09. The molecule has 0 aliphatic carbocycles. The maximum atomic E-state index is 13.9. The second-order valence-electron chi connectivity index (χ2n) is 4.91. The topological polar surface area (TPSA) is 76.7 Å². The summed E-state index contributed by atoms with van der Waals surface area (Å²) in [5.74, 6) is -0.864. The largest absolute Gasteiger partial charge is 0.495 e. The molecule has 0 radical (unpaired) electrons. The van der Waals surface area contributed by atoms with Gasteiger partial charge in [-0.25, -0.2) is 17.5 Å². The summed E-state index contributed by atoms with van der Waals surface area (Å²) < 4.78 is 51.1. The van der Waals surface area contributed by atoms with Gasteiger partial charge in [-0.2, -0.15) is 0 Å². The average Bonchev–Trinajstić information content (AvgIpc) is 2.60. The molecule has 2 aromatic carbocycles. The molecule has 0 bridgehead atoms. The Morgan fingerprint density at radius 1 is 1.04 bits per heavy atom. The second kappa shape index (κ2) is 7.50. The molecule has 8 heteroatoms. The van der Waals surface area contributed by atoms with E-state index in [1.54, 1.807) is 19.2 Å². The molecular weight excluding hydrogens is 335 g/mol. The van der Waals surface area contributed by atoms with Gasteiger partial charge in [0.05, 0.1) is 14.2 Å². The fraction of sp³-hybridized carbons (Fsp3) is 0.250. The molecule has 0 spiro atoms. The van der Waals surface area contributed by atoms with Gasteiger partial charge < -0.3 is 14.8 Å². The van der Waals surface area contributed by atoms with Crippen molar-refractivity contribution in [3.8, 4) is 11.5 Å². The van der Waals surface area contributed by atoms with Crippen LogP contribution in [-0.2, 0) is 16.6 Å². The standard InChI is InChI=1S/C16H19FN2O4S/c1-18-12-6-4-11(5-7-12)10-19-24(20,21)16-8-13(17)14(22-2)9-15(16)23-3/h4-9,18-19H,10H2,1-3H3. The van der Waals surface area contributed by atoms with Gasteiger partial charge in [0, 0.05) is 31.4 Å². The van der Waals surface area contributed by atoms with Crippen molar-refractivity contribution >= 4 is 15.7 Å². The highest BCUT2D eigenvalue weighted by molar-refractivity contribution is 7.89. The van der Waals surface area contributed by atoms with Crippen LogP contribution in [0.5, 0.6) is 11.5 Å². The van der Waals surface area contributed by atoms with Gasteiger partial charge in [0.15, 0.2) is 11.6 Å². The van der Waals surface area contributed by atoms with E-state index in [1.807, 2.05) is 12.1 Å². The molecule has 0 fully saturated rings. The molecular formula is C16H19FN2O4S. The normalized spacial score (nSPS) is 11.2. The van der Waals surface area contributed by atoms with E-state index < -0.39 is 15.8 Å². The number of hydrogen-bond acceptors (Lipinski definition) is 5. The third kappa shape index (κ3) is 3.95. The summed E-state index contributed by atoms with van der Waals surface area (Å²) in [7, 11) is 0.442. The minimum atomic E-state index is -3.95. The molecule has 0 aliphatic rings. The fourth-order valence-corrected chi connectivity index (χ4v) is 3.27. The molecule has 2 rings (SSSR count). The van der Waals surface area contributed by atoms with E-state index in [0.29, 0.717) is 0 Å². The molecule has 0 unspecified atom stereocenters. The van der Waals surface area contributed by atoms with Crippen molar-refractivity contribution in [1.82, 2.24) is 4.72 Å². The summed E-state index contributed by atoms with van der Waals surface area (Å²) in [5.41, 5.74) is 1.69. The summed E-state index contributed by atoms with van der Waals surface area (Å²) >= 11 is 0. The van der Waals surface area contributed by atoms with Crippen molar-refractivity contribution in [2.75, 3.05) is 26.6 Å². The molecule has 0 saturated heterocycles. The molecule has 130 valence electrons. The van der Waals surface area contributed by atoms with Crippen molar-refractivity contribution in [2.24, 2.45) is 0 Å². The molecule has 2 N–H and O–H groups in total. The van der Waals surface area contributed by atoms with Gasteiger partial charge >= 0.3 is 0 Å². The predicted octanol–water partition coefficient (Wildman–Crippen LogP) is 2.36. The number of halogens is 1. The lowest BCUT2D eigenvalue weighted by molar-refractivity contribution is 0.367. The third-order valence-corrected chi connectivity index (χ3v) is 4.86. The first-order chi connectivity index (χ1) is 11.4. The van der Waals surface area contributed by atoms with Gasteiger partial charge in [-0.05, 0) is 17.7 Å². The Morgan fingerprint density at radius 3 is 2.21 bits per heavy atom. The highest BCUT2D eigenvalue weighted by Crippen LogP contribution is 2.31. The van der Waals surface area contributed by atoms with Crippen LogP contribution in [0.2, 0.25) is 0 Å². The van der Waals surface area contributed by atoms with Gasteiger partial charge in [-0.3, -0.25) is 0 Å². The number of rotatable bonds is 7. The van der Waals surface area contributed by atoms with Crippen molar-refractivity contribution in [3.63, 3.8) is 0 Å². The van der Waals surface area contributed by atoms with Crippen LogP contribution < -0.4 is 19.5 Å². The highest BCUT2D eigenvalue weighted by Gasteiger charge is 2.22. The zero-order chi connectivity index (χ0) is 17.7. The van der Waals surface area contributed by atoms with Gasteiger partial charge in [-0.1, -0.05) is 12.1 Å².